The fourth-order valence-electron chi connectivity index (χ4n) is 1.42. The number of benzene rings is 1. The van der Waals surface area contributed by atoms with Gasteiger partial charge in [-0.15, -0.1) is 0 Å². The summed E-state index contributed by atoms with van der Waals surface area (Å²) in [4.78, 5) is 3.80. The number of hydrogen-bond acceptors (Lipinski definition) is 3. The molecule has 0 bridgehead atoms. The summed E-state index contributed by atoms with van der Waals surface area (Å²) in [5.41, 5.74) is 1.21. The summed E-state index contributed by atoms with van der Waals surface area (Å²) in [6, 6.07) is 5.01. The van der Waals surface area contributed by atoms with E-state index >= 15 is 0 Å². The topological polar surface area (TPSA) is 46.3 Å². The second-order valence-electron chi connectivity index (χ2n) is 3.22. The number of rotatable bonds is 2. The molecule has 1 aromatic carbocycles. The van der Waals surface area contributed by atoms with Crippen molar-refractivity contribution in [2.45, 2.75) is 13.5 Å². The van der Waals surface area contributed by atoms with Crippen molar-refractivity contribution in [1.29, 1.82) is 0 Å². The molecule has 0 aliphatic carbocycles. The van der Waals surface area contributed by atoms with Gasteiger partial charge in [0.15, 0.2) is 12.2 Å². The van der Waals surface area contributed by atoms with E-state index in [0.717, 1.165) is 0 Å². The molecular formula is C11H10FNO2. The number of aromatic nitrogens is 1. The Kier molecular flexibility index (Phi) is 2.51. The lowest BCUT2D eigenvalue weighted by atomic mass is 10.1. The van der Waals surface area contributed by atoms with Crippen molar-refractivity contribution < 1.29 is 13.9 Å². The SMILES string of the molecule is Cc1cccc(-c2ocnc2CO)c1F. The van der Waals surface area contributed by atoms with Crippen LogP contribution in [-0.2, 0) is 6.61 Å². The quantitative estimate of drug-likeness (QED) is 0.821. The maximum absolute atomic E-state index is 13.7. The molecule has 0 saturated heterocycles. The average Bonchev–Trinajstić information content (AvgIpc) is 2.70. The molecule has 15 heavy (non-hydrogen) atoms. The first-order chi connectivity index (χ1) is 7.24. The fraction of sp³-hybridized carbons (Fsp3) is 0.182. The predicted molar refractivity (Wildman–Crippen MR) is 52.6 cm³/mol. The molecule has 1 N–H and O–H groups in total. The van der Waals surface area contributed by atoms with Gasteiger partial charge in [-0.3, -0.25) is 0 Å². The Hall–Kier alpha value is -1.68. The molecule has 1 heterocycles. The summed E-state index contributed by atoms with van der Waals surface area (Å²) in [6.45, 7) is 1.41. The first kappa shape index (κ1) is 9.86. The van der Waals surface area contributed by atoms with Crippen LogP contribution in [0.2, 0.25) is 0 Å². The Balaban J connectivity index is 2.59. The molecule has 0 atom stereocenters. The standard InChI is InChI=1S/C11H10FNO2/c1-7-3-2-4-8(10(7)12)11-9(5-14)13-6-15-11/h2-4,6,14H,5H2,1H3. The summed E-state index contributed by atoms with van der Waals surface area (Å²) in [6.07, 6.45) is 1.20. The van der Waals surface area contributed by atoms with Crippen molar-refractivity contribution >= 4 is 0 Å². The van der Waals surface area contributed by atoms with E-state index in [2.05, 4.69) is 4.98 Å². The highest BCUT2D eigenvalue weighted by atomic mass is 19.1. The third kappa shape index (κ3) is 1.64. The van der Waals surface area contributed by atoms with Gasteiger partial charge in [-0.25, -0.2) is 9.37 Å². The Labute approximate surface area is 86.2 Å². The molecule has 0 radical (unpaired) electrons. The number of halogens is 1. The van der Waals surface area contributed by atoms with Gasteiger partial charge in [-0.2, -0.15) is 0 Å². The maximum atomic E-state index is 13.7. The van der Waals surface area contributed by atoms with Gasteiger partial charge in [0.25, 0.3) is 0 Å². The van der Waals surface area contributed by atoms with Gasteiger partial charge >= 0.3 is 0 Å². The third-order valence-corrected chi connectivity index (χ3v) is 2.23. The number of aliphatic hydroxyl groups is 1. The summed E-state index contributed by atoms with van der Waals surface area (Å²) in [5.74, 6) is -0.0531. The third-order valence-electron chi connectivity index (χ3n) is 2.23. The van der Waals surface area contributed by atoms with E-state index in [9.17, 15) is 4.39 Å². The minimum absolute atomic E-state index is 0.265. The Bertz CT molecular complexity index is 479. The Morgan fingerprint density at radius 2 is 2.27 bits per heavy atom. The number of aliphatic hydroxyl groups excluding tert-OH is 1. The van der Waals surface area contributed by atoms with Gasteiger partial charge in [0.1, 0.15) is 11.5 Å². The lowest BCUT2D eigenvalue weighted by Gasteiger charge is -2.03. The van der Waals surface area contributed by atoms with Gasteiger partial charge in [0, 0.05) is 0 Å². The lowest BCUT2D eigenvalue weighted by molar-refractivity contribution is 0.277. The molecular weight excluding hydrogens is 197 g/mol. The predicted octanol–water partition coefficient (Wildman–Crippen LogP) is 2.28. The molecule has 0 fully saturated rings. The minimum atomic E-state index is -0.344. The van der Waals surface area contributed by atoms with Crippen molar-refractivity contribution in [3.8, 4) is 11.3 Å². The maximum Gasteiger partial charge on any atom is 0.181 e. The van der Waals surface area contributed by atoms with Gasteiger partial charge in [-0.1, -0.05) is 12.1 Å². The van der Waals surface area contributed by atoms with Crippen LogP contribution < -0.4 is 0 Å². The number of hydrogen-bond donors (Lipinski definition) is 1. The lowest BCUT2D eigenvalue weighted by Crippen LogP contribution is -1.91. The van der Waals surface area contributed by atoms with Gasteiger partial charge < -0.3 is 9.52 Å². The molecule has 78 valence electrons. The van der Waals surface area contributed by atoms with E-state index in [0.29, 0.717) is 22.6 Å². The van der Waals surface area contributed by atoms with Crippen LogP contribution >= 0.6 is 0 Å². The number of aryl methyl sites for hydroxylation is 1. The zero-order valence-electron chi connectivity index (χ0n) is 8.20. The van der Waals surface area contributed by atoms with Crippen molar-refractivity contribution in [3.63, 3.8) is 0 Å². The van der Waals surface area contributed by atoms with Crippen LogP contribution in [0.5, 0.6) is 0 Å². The van der Waals surface area contributed by atoms with E-state index < -0.39 is 0 Å². The first-order valence-corrected chi connectivity index (χ1v) is 4.52. The normalized spacial score (nSPS) is 10.6. The fourth-order valence-corrected chi connectivity index (χ4v) is 1.42. The van der Waals surface area contributed by atoms with Crippen molar-refractivity contribution in [2.75, 3.05) is 0 Å². The number of nitrogens with zero attached hydrogens (tertiary/aromatic N) is 1. The molecule has 4 heteroatoms. The summed E-state index contributed by atoms with van der Waals surface area (Å²) < 4.78 is 18.8. The van der Waals surface area contributed by atoms with Crippen LogP contribution in [-0.4, -0.2) is 10.1 Å². The summed E-state index contributed by atoms with van der Waals surface area (Å²) in [5, 5.41) is 8.98. The summed E-state index contributed by atoms with van der Waals surface area (Å²) >= 11 is 0. The highest BCUT2D eigenvalue weighted by molar-refractivity contribution is 5.61. The van der Waals surface area contributed by atoms with Crippen molar-refractivity contribution in [3.05, 3.63) is 41.7 Å². The van der Waals surface area contributed by atoms with Gasteiger partial charge in [0.05, 0.1) is 12.2 Å². The average molecular weight is 207 g/mol. The van der Waals surface area contributed by atoms with E-state index in [4.69, 9.17) is 9.52 Å². The molecule has 0 unspecified atom stereocenters. The van der Waals surface area contributed by atoms with Gasteiger partial charge in [0.2, 0.25) is 0 Å². The molecule has 0 saturated carbocycles. The molecule has 0 amide bonds. The van der Waals surface area contributed by atoms with E-state index in [1.54, 1.807) is 25.1 Å². The molecule has 0 aliphatic heterocycles. The molecule has 1 aromatic heterocycles. The monoisotopic (exact) mass is 207 g/mol. The largest absolute Gasteiger partial charge is 0.443 e. The molecule has 2 rings (SSSR count). The Morgan fingerprint density at radius 3 is 3.00 bits per heavy atom. The van der Waals surface area contributed by atoms with Crippen LogP contribution in [0.4, 0.5) is 4.39 Å². The molecule has 0 aliphatic rings. The van der Waals surface area contributed by atoms with E-state index in [1.807, 2.05) is 0 Å². The second-order valence-corrected chi connectivity index (χ2v) is 3.22. The molecule has 3 nitrogen and oxygen atoms in total. The molecule has 0 spiro atoms. The van der Waals surface area contributed by atoms with E-state index in [-0.39, 0.29) is 12.4 Å². The minimum Gasteiger partial charge on any atom is -0.443 e. The zero-order valence-corrected chi connectivity index (χ0v) is 8.20. The highest BCUT2D eigenvalue weighted by Gasteiger charge is 2.14. The first-order valence-electron chi connectivity index (χ1n) is 4.52. The smallest absolute Gasteiger partial charge is 0.181 e. The van der Waals surface area contributed by atoms with Crippen LogP contribution in [0.3, 0.4) is 0 Å². The Morgan fingerprint density at radius 1 is 1.47 bits per heavy atom. The second kappa shape index (κ2) is 3.82. The van der Waals surface area contributed by atoms with Crippen LogP contribution in [0.1, 0.15) is 11.3 Å². The van der Waals surface area contributed by atoms with Crippen LogP contribution in [0, 0.1) is 12.7 Å². The summed E-state index contributed by atoms with van der Waals surface area (Å²) in [7, 11) is 0. The van der Waals surface area contributed by atoms with Crippen LogP contribution in [0.15, 0.2) is 29.0 Å². The highest BCUT2D eigenvalue weighted by Crippen LogP contribution is 2.27. The molecule has 2 aromatic rings. The van der Waals surface area contributed by atoms with E-state index in [1.165, 1.54) is 6.39 Å². The zero-order chi connectivity index (χ0) is 10.8. The number of oxazole rings is 1. The van der Waals surface area contributed by atoms with Gasteiger partial charge in [-0.05, 0) is 18.6 Å². The van der Waals surface area contributed by atoms with Crippen LogP contribution in [0.25, 0.3) is 11.3 Å². The van der Waals surface area contributed by atoms with Crippen molar-refractivity contribution in [1.82, 2.24) is 4.98 Å². The van der Waals surface area contributed by atoms with Crippen molar-refractivity contribution in [2.24, 2.45) is 0 Å².